The van der Waals surface area contributed by atoms with E-state index in [9.17, 15) is 14.7 Å². The van der Waals surface area contributed by atoms with Gasteiger partial charge in [-0.3, -0.25) is 10.3 Å². The van der Waals surface area contributed by atoms with Crippen LogP contribution in [-0.4, -0.2) is 27.3 Å². The fourth-order valence-electron chi connectivity index (χ4n) is 3.86. The molecule has 2 aromatic heterocycles. The number of nitrogens with zero attached hydrogens (tertiary/aromatic N) is 2. The summed E-state index contributed by atoms with van der Waals surface area (Å²) >= 11 is 0. The molecule has 1 amide bonds. The standard InChI is InChI=1S/C30H23N3O6/c1-19-27(32-30(36)37-18-20-5-3-2-4-6-20)28(39-33-19)23-9-7-21(8-10-23)22-11-13-24(14-12-22)38-26-15-16-31-17-25(26)29(34)35/h2-17H,18H2,1H3,(H,32,36)(H,34,35). The number of carboxylic acid groups (broad SMARTS) is 1. The number of nitrogens with one attached hydrogen (secondary N) is 1. The molecule has 2 heterocycles. The maximum Gasteiger partial charge on any atom is 0.412 e. The van der Waals surface area contributed by atoms with Crippen molar-refractivity contribution < 1.29 is 28.7 Å². The van der Waals surface area contributed by atoms with Crippen LogP contribution in [0, 0.1) is 6.92 Å². The number of aromatic carboxylic acids is 1. The highest BCUT2D eigenvalue weighted by Crippen LogP contribution is 2.33. The van der Waals surface area contributed by atoms with Gasteiger partial charge in [0.25, 0.3) is 0 Å². The summed E-state index contributed by atoms with van der Waals surface area (Å²) in [4.78, 5) is 27.6. The monoisotopic (exact) mass is 521 g/mol. The van der Waals surface area contributed by atoms with Gasteiger partial charge >= 0.3 is 12.1 Å². The molecule has 9 heteroatoms. The van der Waals surface area contributed by atoms with Crippen LogP contribution in [0.5, 0.6) is 11.5 Å². The molecule has 0 bridgehead atoms. The molecule has 0 unspecified atom stereocenters. The Hall–Kier alpha value is -5.44. The first-order chi connectivity index (χ1) is 19.0. The quantitative estimate of drug-likeness (QED) is 0.225. The van der Waals surface area contributed by atoms with Crippen LogP contribution in [0.25, 0.3) is 22.5 Å². The lowest BCUT2D eigenvalue weighted by atomic mass is 10.0. The van der Waals surface area contributed by atoms with Crippen LogP contribution in [0.1, 0.15) is 21.6 Å². The summed E-state index contributed by atoms with van der Waals surface area (Å²) in [7, 11) is 0. The van der Waals surface area contributed by atoms with Crippen LogP contribution in [0.3, 0.4) is 0 Å². The molecule has 0 spiro atoms. The molecule has 3 aromatic carbocycles. The first-order valence-electron chi connectivity index (χ1n) is 12.0. The molecule has 0 aliphatic heterocycles. The largest absolute Gasteiger partial charge is 0.477 e. The van der Waals surface area contributed by atoms with Crippen LogP contribution in [0.2, 0.25) is 0 Å². The number of rotatable bonds is 8. The van der Waals surface area contributed by atoms with Crippen molar-refractivity contribution >= 4 is 17.7 Å². The Morgan fingerprint density at radius 3 is 2.26 bits per heavy atom. The lowest BCUT2D eigenvalue weighted by molar-refractivity contribution is 0.0693. The SMILES string of the molecule is Cc1noc(-c2ccc(-c3ccc(Oc4ccncc4C(=O)O)cc3)cc2)c1NC(=O)OCc1ccccc1. The van der Waals surface area contributed by atoms with E-state index in [2.05, 4.69) is 15.5 Å². The maximum absolute atomic E-state index is 12.4. The van der Waals surface area contributed by atoms with Crippen molar-refractivity contribution in [3.63, 3.8) is 0 Å². The van der Waals surface area contributed by atoms with Crippen molar-refractivity contribution in [3.8, 4) is 33.9 Å². The predicted molar refractivity (Wildman–Crippen MR) is 144 cm³/mol. The molecule has 0 aliphatic rings. The zero-order chi connectivity index (χ0) is 27.2. The number of pyridine rings is 1. The molecular weight excluding hydrogens is 498 g/mol. The summed E-state index contributed by atoms with van der Waals surface area (Å²) in [6.45, 7) is 1.89. The number of hydrogen-bond donors (Lipinski definition) is 2. The zero-order valence-electron chi connectivity index (χ0n) is 20.8. The van der Waals surface area contributed by atoms with E-state index >= 15 is 0 Å². The fraction of sp³-hybridized carbons (Fsp3) is 0.0667. The van der Waals surface area contributed by atoms with E-state index < -0.39 is 12.1 Å². The molecule has 0 radical (unpaired) electrons. The van der Waals surface area contributed by atoms with Crippen LogP contribution < -0.4 is 10.1 Å². The number of anilines is 1. The average Bonchev–Trinajstić information content (AvgIpc) is 3.32. The summed E-state index contributed by atoms with van der Waals surface area (Å²) < 4.78 is 16.6. The lowest BCUT2D eigenvalue weighted by Crippen LogP contribution is -2.14. The van der Waals surface area contributed by atoms with Crippen molar-refractivity contribution in [2.24, 2.45) is 0 Å². The number of amides is 1. The Morgan fingerprint density at radius 1 is 0.897 bits per heavy atom. The summed E-state index contributed by atoms with van der Waals surface area (Å²) in [6.07, 6.45) is 2.12. The number of carbonyl (C=O) groups is 2. The van der Waals surface area contributed by atoms with Gasteiger partial charge in [-0.2, -0.15) is 0 Å². The third-order valence-corrected chi connectivity index (χ3v) is 5.88. The fourth-order valence-corrected chi connectivity index (χ4v) is 3.86. The number of carbonyl (C=O) groups excluding carboxylic acids is 1. The van der Waals surface area contributed by atoms with E-state index in [1.807, 2.05) is 66.7 Å². The van der Waals surface area contributed by atoms with Crippen LogP contribution in [-0.2, 0) is 11.3 Å². The Bertz CT molecular complexity index is 1600. The number of aryl methyl sites for hydroxylation is 1. The van der Waals surface area contributed by atoms with Crippen molar-refractivity contribution in [2.75, 3.05) is 5.32 Å². The minimum atomic E-state index is -1.11. The van der Waals surface area contributed by atoms with Crippen LogP contribution in [0.4, 0.5) is 10.5 Å². The van der Waals surface area contributed by atoms with E-state index in [0.29, 0.717) is 22.9 Å². The van der Waals surface area contributed by atoms with Crippen LogP contribution >= 0.6 is 0 Å². The molecule has 0 atom stereocenters. The van der Waals surface area contributed by atoms with Gasteiger partial charge in [-0.1, -0.05) is 71.9 Å². The van der Waals surface area contributed by atoms with E-state index in [-0.39, 0.29) is 17.9 Å². The molecule has 5 rings (SSSR count). The first kappa shape index (κ1) is 25.2. The normalized spacial score (nSPS) is 10.6. The molecule has 0 aliphatic carbocycles. The van der Waals surface area contributed by atoms with E-state index in [0.717, 1.165) is 22.3 Å². The second-order valence-corrected chi connectivity index (χ2v) is 8.54. The second kappa shape index (κ2) is 11.3. The highest BCUT2D eigenvalue weighted by Gasteiger charge is 2.18. The number of aromatic nitrogens is 2. The Kier molecular flexibility index (Phi) is 7.31. The van der Waals surface area contributed by atoms with E-state index in [4.69, 9.17) is 14.0 Å². The van der Waals surface area contributed by atoms with Gasteiger partial charge < -0.3 is 19.1 Å². The molecule has 0 fully saturated rings. The molecule has 5 aromatic rings. The van der Waals surface area contributed by atoms with Gasteiger partial charge in [-0.25, -0.2) is 9.59 Å². The highest BCUT2D eigenvalue weighted by molar-refractivity contribution is 5.91. The van der Waals surface area contributed by atoms with E-state index in [1.165, 1.54) is 18.5 Å². The number of hydrogen-bond acceptors (Lipinski definition) is 7. The molecular formula is C30H23N3O6. The van der Waals surface area contributed by atoms with Crippen molar-refractivity contribution in [3.05, 3.63) is 114 Å². The molecule has 194 valence electrons. The van der Waals surface area contributed by atoms with Crippen molar-refractivity contribution in [1.82, 2.24) is 10.1 Å². The Morgan fingerprint density at radius 2 is 1.56 bits per heavy atom. The minimum absolute atomic E-state index is 0.0156. The number of benzene rings is 3. The Labute approximate surface area is 223 Å². The van der Waals surface area contributed by atoms with E-state index in [1.54, 1.807) is 19.1 Å². The van der Waals surface area contributed by atoms with Gasteiger partial charge in [-0.05, 0) is 35.7 Å². The summed E-state index contributed by atoms with van der Waals surface area (Å²) in [6, 6.07) is 25.8. The first-order valence-corrected chi connectivity index (χ1v) is 12.0. The third-order valence-electron chi connectivity index (χ3n) is 5.88. The van der Waals surface area contributed by atoms with Gasteiger partial charge in [-0.15, -0.1) is 0 Å². The van der Waals surface area contributed by atoms with Crippen molar-refractivity contribution in [2.45, 2.75) is 13.5 Å². The van der Waals surface area contributed by atoms with Crippen molar-refractivity contribution in [1.29, 1.82) is 0 Å². The maximum atomic E-state index is 12.4. The van der Waals surface area contributed by atoms with Gasteiger partial charge in [0, 0.05) is 24.0 Å². The Balaban J connectivity index is 1.27. The molecule has 39 heavy (non-hydrogen) atoms. The molecule has 0 saturated heterocycles. The molecule has 9 nitrogen and oxygen atoms in total. The smallest absolute Gasteiger partial charge is 0.412 e. The summed E-state index contributed by atoms with van der Waals surface area (Å²) in [5.74, 6) is 0.0200. The zero-order valence-corrected chi connectivity index (χ0v) is 20.8. The van der Waals surface area contributed by atoms with Gasteiger partial charge in [0.05, 0.1) is 0 Å². The summed E-state index contributed by atoms with van der Waals surface area (Å²) in [5.41, 5.74) is 4.44. The minimum Gasteiger partial charge on any atom is -0.477 e. The average molecular weight is 522 g/mol. The molecule has 2 N–H and O–H groups in total. The van der Waals surface area contributed by atoms with Gasteiger partial charge in [0.2, 0.25) is 0 Å². The topological polar surface area (TPSA) is 124 Å². The molecule has 0 saturated carbocycles. The number of carboxylic acids is 1. The lowest BCUT2D eigenvalue weighted by Gasteiger charge is -2.10. The van der Waals surface area contributed by atoms with Gasteiger partial charge in [0.1, 0.15) is 35.1 Å². The number of ether oxygens (including phenoxy) is 2. The summed E-state index contributed by atoms with van der Waals surface area (Å²) in [5, 5.41) is 16.1. The highest BCUT2D eigenvalue weighted by atomic mass is 16.5. The second-order valence-electron chi connectivity index (χ2n) is 8.54. The van der Waals surface area contributed by atoms with Gasteiger partial charge in [0.15, 0.2) is 5.76 Å². The third kappa shape index (κ3) is 5.94. The van der Waals surface area contributed by atoms with Crippen LogP contribution in [0.15, 0.2) is 102 Å². The predicted octanol–water partition coefficient (Wildman–Crippen LogP) is 6.95.